The summed E-state index contributed by atoms with van der Waals surface area (Å²) >= 11 is 1.78. The molecule has 1 aromatic rings. The molecule has 1 saturated carbocycles. The van der Waals surface area contributed by atoms with Gasteiger partial charge in [0.1, 0.15) is 5.01 Å². The smallest absolute Gasteiger partial charge is 0.109 e. The van der Waals surface area contributed by atoms with Gasteiger partial charge in [-0.3, -0.25) is 0 Å². The van der Waals surface area contributed by atoms with Crippen molar-refractivity contribution in [3.8, 4) is 0 Å². The van der Waals surface area contributed by atoms with Gasteiger partial charge in [-0.2, -0.15) is 0 Å². The van der Waals surface area contributed by atoms with E-state index >= 15 is 0 Å². The zero-order valence-corrected chi connectivity index (χ0v) is 13.6. The first kappa shape index (κ1) is 15.0. The van der Waals surface area contributed by atoms with Crippen LogP contribution in [0.4, 0.5) is 0 Å². The van der Waals surface area contributed by atoms with Gasteiger partial charge >= 0.3 is 0 Å². The molecular weight excluding hydrogens is 252 g/mol. The van der Waals surface area contributed by atoms with E-state index in [2.05, 4.69) is 43.4 Å². The third-order valence-electron chi connectivity index (χ3n) is 4.45. The minimum atomic E-state index is 0.402. The van der Waals surface area contributed by atoms with Crippen molar-refractivity contribution in [1.82, 2.24) is 10.3 Å². The van der Waals surface area contributed by atoms with Gasteiger partial charge in [0.2, 0.25) is 0 Å². The predicted octanol–water partition coefficient (Wildman–Crippen LogP) is 4.79. The van der Waals surface area contributed by atoms with E-state index in [4.69, 9.17) is 0 Å². The van der Waals surface area contributed by atoms with Crippen molar-refractivity contribution in [3.05, 3.63) is 16.6 Å². The van der Waals surface area contributed by atoms with E-state index in [-0.39, 0.29) is 0 Å². The largest absolute Gasteiger partial charge is 0.305 e. The second-order valence-electron chi connectivity index (χ2n) is 6.86. The van der Waals surface area contributed by atoms with Crippen molar-refractivity contribution in [2.24, 2.45) is 11.3 Å². The Labute approximate surface area is 122 Å². The Kier molecular flexibility index (Phi) is 5.02. The highest BCUT2D eigenvalue weighted by atomic mass is 32.1. The fourth-order valence-corrected chi connectivity index (χ4v) is 4.18. The Hall–Kier alpha value is -0.410. The Morgan fingerprint density at radius 3 is 2.68 bits per heavy atom. The molecule has 1 aliphatic carbocycles. The van der Waals surface area contributed by atoms with Gasteiger partial charge in [-0.15, -0.1) is 11.3 Å². The van der Waals surface area contributed by atoms with E-state index in [9.17, 15) is 0 Å². The van der Waals surface area contributed by atoms with Crippen LogP contribution in [-0.2, 0) is 0 Å². The molecule has 1 aliphatic rings. The lowest BCUT2D eigenvalue weighted by atomic mass is 9.69. The summed E-state index contributed by atoms with van der Waals surface area (Å²) in [6.07, 6.45) is 8.51. The van der Waals surface area contributed by atoms with E-state index in [0.717, 1.165) is 12.3 Å². The second-order valence-corrected chi connectivity index (χ2v) is 7.79. The van der Waals surface area contributed by atoms with E-state index in [1.165, 1.54) is 30.7 Å². The topological polar surface area (TPSA) is 24.9 Å². The molecule has 3 unspecified atom stereocenters. The highest BCUT2D eigenvalue weighted by Crippen LogP contribution is 2.39. The summed E-state index contributed by atoms with van der Waals surface area (Å²) in [5, 5.41) is 7.25. The van der Waals surface area contributed by atoms with Crippen LogP contribution in [0.2, 0.25) is 0 Å². The minimum Gasteiger partial charge on any atom is -0.305 e. The summed E-state index contributed by atoms with van der Waals surface area (Å²) in [5.74, 6) is 0.787. The summed E-state index contributed by atoms with van der Waals surface area (Å²) in [7, 11) is 0. The molecule has 19 heavy (non-hydrogen) atoms. The van der Waals surface area contributed by atoms with Crippen LogP contribution in [0.1, 0.15) is 70.8 Å². The fraction of sp³-hybridized carbons (Fsp3) is 0.812. The number of hydrogen-bond donors (Lipinski definition) is 1. The fourth-order valence-electron chi connectivity index (χ4n) is 3.40. The maximum atomic E-state index is 4.50. The van der Waals surface area contributed by atoms with Crippen LogP contribution in [-0.4, -0.2) is 11.0 Å². The number of aromatic nitrogens is 1. The van der Waals surface area contributed by atoms with Gasteiger partial charge in [-0.1, -0.05) is 40.5 Å². The van der Waals surface area contributed by atoms with Crippen molar-refractivity contribution < 1.29 is 0 Å². The zero-order chi connectivity index (χ0) is 13.9. The minimum absolute atomic E-state index is 0.402. The maximum Gasteiger partial charge on any atom is 0.109 e. The molecule has 2 nitrogen and oxygen atoms in total. The first-order valence-corrected chi connectivity index (χ1v) is 8.55. The third-order valence-corrected chi connectivity index (χ3v) is 5.34. The summed E-state index contributed by atoms with van der Waals surface area (Å²) in [6, 6.07) is 1.09. The average molecular weight is 280 g/mol. The van der Waals surface area contributed by atoms with Crippen LogP contribution >= 0.6 is 11.3 Å². The molecule has 1 fully saturated rings. The Morgan fingerprint density at radius 2 is 2.11 bits per heavy atom. The Morgan fingerprint density at radius 1 is 1.37 bits per heavy atom. The Balaban J connectivity index is 2.06. The SMILES string of the molecule is CCC(NC1CCCCC1C(C)(C)C)c1nccs1. The van der Waals surface area contributed by atoms with Crippen molar-refractivity contribution in [2.75, 3.05) is 0 Å². The van der Waals surface area contributed by atoms with Crippen LogP contribution in [0, 0.1) is 11.3 Å². The summed E-state index contributed by atoms with van der Waals surface area (Å²) in [5.41, 5.74) is 0.402. The van der Waals surface area contributed by atoms with Gasteiger partial charge in [0.15, 0.2) is 0 Å². The lowest BCUT2D eigenvalue weighted by Crippen LogP contribution is -2.45. The molecule has 0 aromatic carbocycles. The lowest BCUT2D eigenvalue weighted by Gasteiger charge is -2.42. The molecule has 3 heteroatoms. The van der Waals surface area contributed by atoms with Gasteiger partial charge < -0.3 is 5.32 Å². The summed E-state index contributed by atoms with van der Waals surface area (Å²) < 4.78 is 0. The molecule has 1 heterocycles. The van der Waals surface area contributed by atoms with Crippen molar-refractivity contribution in [1.29, 1.82) is 0 Å². The first-order valence-electron chi connectivity index (χ1n) is 7.67. The average Bonchev–Trinajstić information content (AvgIpc) is 2.89. The van der Waals surface area contributed by atoms with Crippen LogP contribution in [0.25, 0.3) is 0 Å². The normalized spacial score (nSPS) is 26.3. The van der Waals surface area contributed by atoms with Crippen LogP contribution in [0.5, 0.6) is 0 Å². The number of nitrogens with zero attached hydrogens (tertiary/aromatic N) is 1. The molecule has 3 atom stereocenters. The number of hydrogen-bond acceptors (Lipinski definition) is 3. The number of nitrogens with one attached hydrogen (secondary N) is 1. The van der Waals surface area contributed by atoms with Gasteiger partial charge in [0.05, 0.1) is 6.04 Å². The van der Waals surface area contributed by atoms with Crippen LogP contribution in [0.3, 0.4) is 0 Å². The molecule has 0 amide bonds. The van der Waals surface area contributed by atoms with E-state index in [1.807, 2.05) is 6.20 Å². The molecule has 0 aliphatic heterocycles. The standard InChI is InChI=1S/C16H28N2S/c1-5-13(15-17-10-11-19-15)18-14-9-7-6-8-12(14)16(2,3)4/h10-14,18H,5-9H2,1-4H3. The van der Waals surface area contributed by atoms with Crippen molar-refractivity contribution >= 4 is 11.3 Å². The van der Waals surface area contributed by atoms with Gasteiger partial charge in [-0.25, -0.2) is 4.98 Å². The first-order chi connectivity index (χ1) is 9.02. The van der Waals surface area contributed by atoms with Crippen molar-refractivity contribution in [2.45, 2.75) is 71.9 Å². The van der Waals surface area contributed by atoms with Gasteiger partial charge in [0, 0.05) is 17.6 Å². The molecule has 0 radical (unpaired) electrons. The molecule has 108 valence electrons. The lowest BCUT2D eigenvalue weighted by molar-refractivity contribution is 0.122. The van der Waals surface area contributed by atoms with Crippen LogP contribution < -0.4 is 5.32 Å². The summed E-state index contributed by atoms with van der Waals surface area (Å²) in [6.45, 7) is 9.43. The molecule has 1 aromatic heterocycles. The second kappa shape index (κ2) is 6.36. The highest BCUT2D eigenvalue weighted by Gasteiger charge is 2.35. The van der Waals surface area contributed by atoms with Gasteiger partial charge in [0.25, 0.3) is 0 Å². The molecule has 0 spiro atoms. The van der Waals surface area contributed by atoms with Gasteiger partial charge in [-0.05, 0) is 30.6 Å². The molecule has 1 N–H and O–H groups in total. The van der Waals surface area contributed by atoms with Crippen LogP contribution in [0.15, 0.2) is 11.6 Å². The monoisotopic (exact) mass is 280 g/mol. The molecule has 0 bridgehead atoms. The molecule has 0 saturated heterocycles. The molecule has 2 rings (SSSR count). The van der Waals surface area contributed by atoms with E-state index in [0.29, 0.717) is 17.5 Å². The molecular formula is C16H28N2S. The highest BCUT2D eigenvalue weighted by molar-refractivity contribution is 7.09. The third kappa shape index (κ3) is 3.79. The zero-order valence-electron chi connectivity index (χ0n) is 12.8. The van der Waals surface area contributed by atoms with E-state index < -0.39 is 0 Å². The summed E-state index contributed by atoms with van der Waals surface area (Å²) in [4.78, 5) is 4.50. The van der Waals surface area contributed by atoms with E-state index in [1.54, 1.807) is 11.3 Å². The Bertz CT molecular complexity index is 367. The quantitative estimate of drug-likeness (QED) is 0.858. The maximum absolute atomic E-state index is 4.50. The number of thiazole rings is 1. The number of rotatable bonds is 4. The predicted molar refractivity (Wildman–Crippen MR) is 83.5 cm³/mol. The van der Waals surface area contributed by atoms with Crippen molar-refractivity contribution in [3.63, 3.8) is 0 Å².